The summed E-state index contributed by atoms with van der Waals surface area (Å²) in [7, 11) is 0. The van der Waals surface area contributed by atoms with Gasteiger partial charge in [0.15, 0.2) is 6.61 Å². The minimum Gasteiger partial charge on any atom is -0.482 e. The number of esters is 1. The highest BCUT2D eigenvalue weighted by Crippen LogP contribution is 2.13. The molecule has 0 aliphatic heterocycles. The van der Waals surface area contributed by atoms with Gasteiger partial charge in [0.2, 0.25) is 5.91 Å². The average molecular weight is 352 g/mol. The van der Waals surface area contributed by atoms with Crippen LogP contribution in [0.25, 0.3) is 0 Å². The van der Waals surface area contributed by atoms with Gasteiger partial charge in [-0.05, 0) is 48.5 Å². The second-order valence-electron chi connectivity index (χ2n) is 4.77. The maximum Gasteiger partial charge on any atom is 0.344 e. The normalized spacial score (nSPS) is 10.1. The van der Waals surface area contributed by atoms with Crippen molar-refractivity contribution in [1.82, 2.24) is 0 Å². The number of carbonyl (C=O) groups is 2. The van der Waals surface area contributed by atoms with Crippen molar-refractivity contribution < 1.29 is 23.5 Å². The van der Waals surface area contributed by atoms with Crippen LogP contribution in [-0.4, -0.2) is 25.1 Å². The monoisotopic (exact) mass is 351 g/mol. The van der Waals surface area contributed by atoms with E-state index in [1.807, 2.05) is 0 Å². The Kier molecular flexibility index (Phi) is 6.57. The van der Waals surface area contributed by atoms with E-state index in [9.17, 15) is 14.0 Å². The van der Waals surface area contributed by atoms with Crippen LogP contribution in [0.1, 0.15) is 6.42 Å². The quantitative estimate of drug-likeness (QED) is 0.776. The largest absolute Gasteiger partial charge is 0.482 e. The first kappa shape index (κ1) is 17.7. The van der Waals surface area contributed by atoms with Crippen molar-refractivity contribution in [2.75, 3.05) is 18.5 Å². The highest BCUT2D eigenvalue weighted by molar-refractivity contribution is 6.30. The first-order chi connectivity index (χ1) is 11.5. The zero-order chi connectivity index (χ0) is 17.4. The van der Waals surface area contributed by atoms with Gasteiger partial charge in [-0.15, -0.1) is 0 Å². The van der Waals surface area contributed by atoms with E-state index in [1.165, 1.54) is 24.3 Å². The van der Waals surface area contributed by atoms with Crippen LogP contribution < -0.4 is 10.1 Å². The second kappa shape index (κ2) is 8.88. The zero-order valence-corrected chi connectivity index (χ0v) is 13.4. The summed E-state index contributed by atoms with van der Waals surface area (Å²) >= 11 is 5.75. The molecule has 5 nitrogen and oxygen atoms in total. The number of halogens is 2. The lowest BCUT2D eigenvalue weighted by Gasteiger charge is -2.08. The highest BCUT2D eigenvalue weighted by atomic mass is 35.5. The number of ether oxygens (including phenoxy) is 2. The molecule has 0 unspecified atom stereocenters. The topological polar surface area (TPSA) is 64.6 Å². The van der Waals surface area contributed by atoms with E-state index in [0.717, 1.165) is 0 Å². The fourth-order valence-corrected chi connectivity index (χ4v) is 1.86. The molecule has 0 spiro atoms. The van der Waals surface area contributed by atoms with E-state index in [2.05, 4.69) is 5.32 Å². The summed E-state index contributed by atoms with van der Waals surface area (Å²) in [6.07, 6.45) is 0.0188. The van der Waals surface area contributed by atoms with Gasteiger partial charge in [0.1, 0.15) is 18.2 Å². The molecule has 2 rings (SSSR count). The predicted molar refractivity (Wildman–Crippen MR) is 87.6 cm³/mol. The predicted octanol–water partition coefficient (Wildman–Crippen LogP) is 3.43. The Morgan fingerprint density at radius 2 is 1.71 bits per heavy atom. The molecule has 2 aromatic carbocycles. The van der Waals surface area contributed by atoms with Gasteiger partial charge in [-0.25, -0.2) is 9.18 Å². The Labute approximate surface area is 143 Å². The first-order valence-electron chi connectivity index (χ1n) is 7.12. The standard InChI is InChI=1S/C17H15ClFNO4/c18-12-1-5-14(6-2-12)20-16(21)9-10-23-17(22)11-24-15-7-3-13(19)4-8-15/h1-8H,9-11H2,(H,20,21). The molecule has 0 bridgehead atoms. The van der Waals surface area contributed by atoms with E-state index in [4.69, 9.17) is 21.1 Å². The van der Waals surface area contributed by atoms with Gasteiger partial charge in [-0.2, -0.15) is 0 Å². The van der Waals surface area contributed by atoms with Crippen molar-refractivity contribution in [1.29, 1.82) is 0 Å². The maximum absolute atomic E-state index is 12.7. The van der Waals surface area contributed by atoms with E-state index >= 15 is 0 Å². The third-order valence-corrected chi connectivity index (χ3v) is 3.14. The Morgan fingerprint density at radius 3 is 2.38 bits per heavy atom. The first-order valence-corrected chi connectivity index (χ1v) is 7.50. The molecule has 1 amide bonds. The summed E-state index contributed by atoms with van der Waals surface area (Å²) in [6.45, 7) is -0.379. The molecule has 0 heterocycles. The van der Waals surface area contributed by atoms with Crippen LogP contribution >= 0.6 is 11.6 Å². The number of hydrogen-bond donors (Lipinski definition) is 1. The van der Waals surface area contributed by atoms with Gasteiger partial charge in [-0.3, -0.25) is 4.79 Å². The number of anilines is 1. The van der Waals surface area contributed by atoms with E-state index in [0.29, 0.717) is 16.5 Å². The van der Waals surface area contributed by atoms with Crippen LogP contribution in [-0.2, 0) is 14.3 Å². The number of rotatable bonds is 7. The summed E-state index contributed by atoms with van der Waals surface area (Å²) in [5.41, 5.74) is 0.607. The van der Waals surface area contributed by atoms with Gasteiger partial charge in [-0.1, -0.05) is 11.6 Å². The lowest BCUT2D eigenvalue weighted by molar-refractivity contribution is -0.146. The molecule has 0 aliphatic rings. The van der Waals surface area contributed by atoms with Gasteiger partial charge in [0, 0.05) is 10.7 Å². The Balaban J connectivity index is 1.63. The molecule has 7 heteroatoms. The molecule has 126 valence electrons. The third-order valence-electron chi connectivity index (χ3n) is 2.89. The number of amides is 1. The Hall–Kier alpha value is -2.60. The molecular weight excluding hydrogens is 337 g/mol. The molecule has 0 atom stereocenters. The number of carbonyl (C=O) groups excluding carboxylic acids is 2. The number of hydrogen-bond acceptors (Lipinski definition) is 4. The van der Waals surface area contributed by atoms with Crippen molar-refractivity contribution in [3.8, 4) is 5.75 Å². The van der Waals surface area contributed by atoms with E-state index in [-0.39, 0.29) is 25.5 Å². The van der Waals surface area contributed by atoms with E-state index in [1.54, 1.807) is 24.3 Å². The van der Waals surface area contributed by atoms with Crippen LogP contribution in [0.5, 0.6) is 5.75 Å². The average Bonchev–Trinajstić information content (AvgIpc) is 2.56. The number of benzene rings is 2. The molecule has 0 aliphatic carbocycles. The lowest BCUT2D eigenvalue weighted by atomic mass is 10.3. The summed E-state index contributed by atoms with van der Waals surface area (Å²) in [5, 5.41) is 3.22. The van der Waals surface area contributed by atoms with Crippen molar-refractivity contribution in [2.24, 2.45) is 0 Å². The van der Waals surface area contributed by atoms with Crippen LogP contribution in [0.2, 0.25) is 5.02 Å². The summed E-state index contributed by atoms with van der Waals surface area (Å²) in [6, 6.07) is 11.9. The molecule has 0 saturated heterocycles. The van der Waals surface area contributed by atoms with Crippen LogP contribution in [0.4, 0.5) is 10.1 Å². The third kappa shape index (κ3) is 6.26. The fourth-order valence-electron chi connectivity index (χ4n) is 1.73. The Morgan fingerprint density at radius 1 is 1.04 bits per heavy atom. The fraction of sp³-hybridized carbons (Fsp3) is 0.176. The lowest BCUT2D eigenvalue weighted by Crippen LogP contribution is -2.19. The van der Waals surface area contributed by atoms with Gasteiger partial charge >= 0.3 is 5.97 Å². The molecule has 2 aromatic rings. The summed E-state index contributed by atoms with van der Waals surface area (Å²) < 4.78 is 22.7. The minimum absolute atomic E-state index is 0.0188. The van der Waals surface area contributed by atoms with Crippen LogP contribution in [0.15, 0.2) is 48.5 Å². The zero-order valence-electron chi connectivity index (χ0n) is 12.6. The maximum atomic E-state index is 12.7. The van der Waals surface area contributed by atoms with Crippen LogP contribution in [0.3, 0.4) is 0 Å². The minimum atomic E-state index is -0.612. The molecule has 0 fully saturated rings. The SMILES string of the molecule is O=C(CCOC(=O)COc1ccc(F)cc1)Nc1ccc(Cl)cc1. The molecule has 1 N–H and O–H groups in total. The molecular formula is C17H15ClFNO4. The van der Waals surface area contributed by atoms with Crippen LogP contribution in [0, 0.1) is 5.82 Å². The molecule has 24 heavy (non-hydrogen) atoms. The summed E-state index contributed by atoms with van der Waals surface area (Å²) in [5.74, 6) is -0.936. The number of nitrogens with one attached hydrogen (secondary N) is 1. The highest BCUT2D eigenvalue weighted by Gasteiger charge is 2.07. The van der Waals surface area contributed by atoms with Gasteiger partial charge in [0.25, 0.3) is 0 Å². The van der Waals surface area contributed by atoms with E-state index < -0.39 is 11.8 Å². The Bertz CT molecular complexity index is 689. The van der Waals surface area contributed by atoms with Crippen molar-refractivity contribution in [3.63, 3.8) is 0 Å². The van der Waals surface area contributed by atoms with Gasteiger partial charge in [0.05, 0.1) is 6.42 Å². The molecule has 0 aromatic heterocycles. The van der Waals surface area contributed by atoms with Crippen molar-refractivity contribution in [3.05, 3.63) is 59.4 Å². The summed E-state index contributed by atoms with van der Waals surface area (Å²) in [4.78, 5) is 23.2. The smallest absolute Gasteiger partial charge is 0.344 e. The van der Waals surface area contributed by atoms with Gasteiger partial charge < -0.3 is 14.8 Å². The molecule has 0 saturated carbocycles. The van der Waals surface area contributed by atoms with Crippen molar-refractivity contribution >= 4 is 29.2 Å². The molecule has 0 radical (unpaired) electrons. The second-order valence-corrected chi connectivity index (χ2v) is 5.20. The van der Waals surface area contributed by atoms with Crippen molar-refractivity contribution in [2.45, 2.75) is 6.42 Å².